The molecule has 0 aromatic heterocycles. The molecule has 4 heteroatoms. The van der Waals surface area contributed by atoms with E-state index in [-0.39, 0.29) is 11.3 Å². The maximum Gasteiger partial charge on any atom is 0.354 e. The van der Waals surface area contributed by atoms with Crippen molar-refractivity contribution in [1.29, 1.82) is 0 Å². The first-order valence-corrected chi connectivity index (χ1v) is 5.94. The van der Waals surface area contributed by atoms with Crippen molar-refractivity contribution in [3.63, 3.8) is 0 Å². The largest absolute Gasteiger partial charge is 0.461 e. The average Bonchev–Trinajstić information content (AvgIpc) is 2.60. The lowest BCUT2D eigenvalue weighted by atomic mass is 9.86. The summed E-state index contributed by atoms with van der Waals surface area (Å²) >= 11 is 6.10. The molecule has 1 fully saturated rings. The molecule has 3 atom stereocenters. The fourth-order valence-electron chi connectivity index (χ4n) is 2.31. The van der Waals surface area contributed by atoms with Crippen molar-refractivity contribution in [3.05, 3.63) is 11.8 Å². The highest BCUT2D eigenvalue weighted by atomic mass is 35.5. The first-order chi connectivity index (χ1) is 7.20. The molecule has 1 saturated carbocycles. The summed E-state index contributed by atoms with van der Waals surface area (Å²) in [7, 11) is 0. The van der Waals surface area contributed by atoms with Gasteiger partial charge in [0.05, 0.1) is 6.61 Å². The van der Waals surface area contributed by atoms with Crippen molar-refractivity contribution >= 4 is 17.6 Å². The van der Waals surface area contributed by atoms with Crippen molar-refractivity contribution in [2.45, 2.75) is 37.6 Å². The number of nitrogens with one attached hydrogen (secondary N) is 1. The fraction of sp³-hybridized carbons (Fsp3) is 0.727. The van der Waals surface area contributed by atoms with Crippen LogP contribution in [-0.4, -0.2) is 24.0 Å². The van der Waals surface area contributed by atoms with E-state index in [2.05, 4.69) is 5.32 Å². The minimum Gasteiger partial charge on any atom is -0.461 e. The van der Waals surface area contributed by atoms with Crippen LogP contribution in [-0.2, 0) is 9.53 Å². The highest BCUT2D eigenvalue weighted by Gasteiger charge is 2.35. The molecule has 0 bridgehead atoms. The van der Waals surface area contributed by atoms with Gasteiger partial charge in [0.2, 0.25) is 0 Å². The molecule has 1 aliphatic heterocycles. The fourth-order valence-corrected chi connectivity index (χ4v) is 2.64. The minimum absolute atomic E-state index is 0.238. The molecule has 0 radical (unpaired) electrons. The monoisotopic (exact) mass is 229 g/mol. The van der Waals surface area contributed by atoms with E-state index in [1.54, 1.807) is 0 Å². The van der Waals surface area contributed by atoms with E-state index in [0.717, 1.165) is 19.3 Å². The summed E-state index contributed by atoms with van der Waals surface area (Å²) in [6.45, 7) is 2.24. The summed E-state index contributed by atoms with van der Waals surface area (Å²) < 4.78 is 4.96. The number of hydrogen-bond donors (Lipinski definition) is 1. The van der Waals surface area contributed by atoms with Gasteiger partial charge in [0.25, 0.3) is 0 Å². The molecule has 0 amide bonds. The van der Waals surface area contributed by atoms with Crippen LogP contribution in [0.2, 0.25) is 0 Å². The van der Waals surface area contributed by atoms with Crippen LogP contribution in [0.15, 0.2) is 11.8 Å². The highest BCUT2D eigenvalue weighted by molar-refractivity contribution is 6.20. The van der Waals surface area contributed by atoms with Crippen molar-refractivity contribution in [2.75, 3.05) is 6.61 Å². The van der Waals surface area contributed by atoms with Gasteiger partial charge in [-0.2, -0.15) is 0 Å². The zero-order valence-corrected chi connectivity index (χ0v) is 9.59. The smallest absolute Gasteiger partial charge is 0.354 e. The van der Waals surface area contributed by atoms with Gasteiger partial charge in [-0.25, -0.2) is 4.79 Å². The van der Waals surface area contributed by atoms with E-state index in [1.807, 2.05) is 13.0 Å². The second kappa shape index (κ2) is 4.44. The number of carbonyl (C=O) groups excluding carboxylic acids is 1. The van der Waals surface area contributed by atoms with Crippen LogP contribution in [0, 0.1) is 5.92 Å². The van der Waals surface area contributed by atoms with E-state index >= 15 is 0 Å². The number of ether oxygens (including phenoxy) is 1. The minimum atomic E-state index is -0.238. The molecule has 15 heavy (non-hydrogen) atoms. The van der Waals surface area contributed by atoms with Crippen LogP contribution >= 0.6 is 11.6 Å². The van der Waals surface area contributed by atoms with Gasteiger partial charge in [-0.1, -0.05) is 0 Å². The lowest BCUT2D eigenvalue weighted by molar-refractivity contribution is -0.138. The van der Waals surface area contributed by atoms with Gasteiger partial charge in [0.15, 0.2) is 0 Å². The Morgan fingerprint density at radius 2 is 2.47 bits per heavy atom. The first kappa shape index (κ1) is 10.8. The molecule has 0 spiro atoms. The van der Waals surface area contributed by atoms with E-state index in [9.17, 15) is 4.79 Å². The molecule has 0 aromatic carbocycles. The number of halogens is 1. The number of rotatable bonds is 2. The zero-order valence-electron chi connectivity index (χ0n) is 8.83. The lowest BCUT2D eigenvalue weighted by Gasteiger charge is -2.28. The molecule has 3 nitrogen and oxygen atoms in total. The predicted molar refractivity (Wildman–Crippen MR) is 58.6 cm³/mol. The van der Waals surface area contributed by atoms with Crippen LogP contribution in [0.3, 0.4) is 0 Å². The average molecular weight is 230 g/mol. The zero-order chi connectivity index (χ0) is 10.8. The van der Waals surface area contributed by atoms with Gasteiger partial charge in [0, 0.05) is 17.3 Å². The normalized spacial score (nSPS) is 34.0. The van der Waals surface area contributed by atoms with Crippen molar-refractivity contribution in [2.24, 2.45) is 5.92 Å². The summed E-state index contributed by atoms with van der Waals surface area (Å²) in [4.78, 5) is 11.5. The third kappa shape index (κ3) is 2.28. The topological polar surface area (TPSA) is 38.3 Å². The number of fused-ring (bicyclic) bond motifs is 1. The van der Waals surface area contributed by atoms with Crippen LogP contribution in [0.1, 0.15) is 26.2 Å². The Labute approximate surface area is 94.8 Å². The third-order valence-corrected chi connectivity index (χ3v) is 3.45. The molecular weight excluding hydrogens is 214 g/mol. The highest BCUT2D eigenvalue weighted by Crippen LogP contribution is 2.33. The predicted octanol–water partition coefficient (Wildman–Crippen LogP) is 1.81. The Bertz CT molecular complexity index is 290. The summed E-state index contributed by atoms with van der Waals surface area (Å²) in [6.07, 6.45) is 5.01. The Hall–Kier alpha value is -0.700. The second-order valence-electron chi connectivity index (χ2n) is 4.13. The summed E-state index contributed by atoms with van der Waals surface area (Å²) in [5.74, 6) is 0.165. The third-order valence-electron chi connectivity index (χ3n) is 3.05. The van der Waals surface area contributed by atoms with E-state index < -0.39 is 0 Å². The molecular formula is C11H16ClNO2. The molecule has 1 N–H and O–H groups in total. The molecule has 2 rings (SSSR count). The molecule has 1 aliphatic carbocycles. The van der Waals surface area contributed by atoms with Gasteiger partial charge in [-0.3, -0.25) is 0 Å². The van der Waals surface area contributed by atoms with Gasteiger partial charge in [0.1, 0.15) is 5.70 Å². The van der Waals surface area contributed by atoms with E-state index in [4.69, 9.17) is 16.3 Å². The Morgan fingerprint density at radius 1 is 1.67 bits per heavy atom. The Balaban J connectivity index is 1.99. The molecule has 0 saturated heterocycles. The van der Waals surface area contributed by atoms with Gasteiger partial charge in [-0.05, 0) is 32.3 Å². The van der Waals surface area contributed by atoms with Gasteiger partial charge >= 0.3 is 5.97 Å². The molecule has 0 aromatic rings. The first-order valence-electron chi connectivity index (χ1n) is 5.50. The standard InChI is InChI=1S/C11H16ClNO2/c1-2-15-11(14)10-6-7-5-8(12)3-4-9(7)13-10/h6-9,13H,2-5H2,1H3. The van der Waals surface area contributed by atoms with Crippen LogP contribution in [0.5, 0.6) is 0 Å². The second-order valence-corrected chi connectivity index (χ2v) is 4.74. The quantitative estimate of drug-likeness (QED) is 0.580. The summed E-state index contributed by atoms with van der Waals surface area (Å²) in [5.41, 5.74) is 0.623. The van der Waals surface area contributed by atoms with E-state index in [1.165, 1.54) is 0 Å². The van der Waals surface area contributed by atoms with Crippen molar-refractivity contribution in [3.8, 4) is 0 Å². The summed E-state index contributed by atoms with van der Waals surface area (Å²) in [5, 5.41) is 3.48. The number of esters is 1. The van der Waals surface area contributed by atoms with Crippen LogP contribution in [0.25, 0.3) is 0 Å². The van der Waals surface area contributed by atoms with E-state index in [0.29, 0.717) is 24.3 Å². The van der Waals surface area contributed by atoms with Gasteiger partial charge in [-0.15, -0.1) is 11.6 Å². The SMILES string of the molecule is CCOC(=O)C1=CC2CC(Cl)CCC2N1. The maximum absolute atomic E-state index is 11.5. The molecule has 3 unspecified atom stereocenters. The van der Waals surface area contributed by atoms with Crippen molar-refractivity contribution in [1.82, 2.24) is 5.32 Å². The Morgan fingerprint density at radius 3 is 3.20 bits per heavy atom. The molecule has 2 aliphatic rings. The van der Waals surface area contributed by atoms with Gasteiger partial charge < -0.3 is 10.1 Å². The number of hydrogen-bond acceptors (Lipinski definition) is 3. The summed E-state index contributed by atoms with van der Waals surface area (Å²) in [6, 6.07) is 0.388. The van der Waals surface area contributed by atoms with Crippen molar-refractivity contribution < 1.29 is 9.53 Å². The van der Waals surface area contributed by atoms with Crippen LogP contribution in [0.4, 0.5) is 0 Å². The number of alkyl halides is 1. The van der Waals surface area contributed by atoms with Crippen LogP contribution < -0.4 is 5.32 Å². The molecule has 84 valence electrons. The maximum atomic E-state index is 11.5. The number of carbonyl (C=O) groups is 1. The molecule has 1 heterocycles. The Kier molecular flexibility index (Phi) is 3.19. The lowest BCUT2D eigenvalue weighted by Crippen LogP contribution is -2.35.